The van der Waals surface area contributed by atoms with Gasteiger partial charge >= 0.3 is 0 Å². The Labute approximate surface area is 155 Å². The van der Waals surface area contributed by atoms with Crippen molar-refractivity contribution >= 4 is 34.8 Å². The monoisotopic (exact) mass is 376 g/mol. The highest BCUT2D eigenvalue weighted by Crippen LogP contribution is 2.26. The smallest absolute Gasteiger partial charge is 0.257 e. The zero-order valence-electron chi connectivity index (χ0n) is 13.6. The number of nitrogens with zero attached hydrogens (tertiary/aromatic N) is 1. The number of benzene rings is 2. The van der Waals surface area contributed by atoms with E-state index >= 15 is 0 Å². The molecule has 1 heterocycles. The van der Waals surface area contributed by atoms with Crippen LogP contribution in [0.1, 0.15) is 21.7 Å². The molecule has 1 N–H and O–H groups in total. The third-order valence-electron chi connectivity index (χ3n) is 3.90. The zero-order chi connectivity index (χ0) is 18.1. The predicted octanol–water partition coefficient (Wildman–Crippen LogP) is 5.79. The average molecular weight is 377 g/mol. The minimum Gasteiger partial charge on any atom is -0.321 e. The van der Waals surface area contributed by atoms with Crippen LogP contribution in [0.15, 0.2) is 48.5 Å². The molecule has 128 valence electrons. The van der Waals surface area contributed by atoms with E-state index in [1.165, 1.54) is 12.1 Å². The number of hydrogen-bond donors (Lipinski definition) is 1. The van der Waals surface area contributed by atoms with Crippen molar-refractivity contribution in [1.82, 2.24) is 4.57 Å². The summed E-state index contributed by atoms with van der Waals surface area (Å²) in [5.74, 6) is -0.885. The second-order valence-electron chi connectivity index (χ2n) is 5.69. The van der Waals surface area contributed by atoms with Crippen molar-refractivity contribution in [3.63, 3.8) is 0 Å². The van der Waals surface area contributed by atoms with Crippen molar-refractivity contribution in [2.24, 2.45) is 0 Å². The van der Waals surface area contributed by atoms with Gasteiger partial charge in [0, 0.05) is 17.1 Å². The molecule has 1 amide bonds. The van der Waals surface area contributed by atoms with E-state index in [0.717, 1.165) is 23.1 Å². The molecule has 3 rings (SSSR count). The van der Waals surface area contributed by atoms with Crippen LogP contribution in [0, 0.1) is 19.7 Å². The van der Waals surface area contributed by atoms with Gasteiger partial charge in [0.05, 0.1) is 21.3 Å². The van der Waals surface area contributed by atoms with Crippen LogP contribution in [-0.4, -0.2) is 10.5 Å². The standard InChI is InChI=1S/C19H15Cl2FN2O/c1-11-3-4-12(2)24(11)14-6-7-16(20)15(10-14)19(25)23-18-8-5-13(22)9-17(18)21/h3-10H,1-2H3,(H,23,25). The summed E-state index contributed by atoms with van der Waals surface area (Å²) in [7, 11) is 0. The molecule has 3 nitrogen and oxygen atoms in total. The lowest BCUT2D eigenvalue weighted by Crippen LogP contribution is -2.14. The number of amides is 1. The Morgan fingerprint density at radius 2 is 1.64 bits per heavy atom. The highest BCUT2D eigenvalue weighted by atomic mass is 35.5. The first-order valence-corrected chi connectivity index (χ1v) is 8.33. The van der Waals surface area contributed by atoms with Crippen LogP contribution in [0.25, 0.3) is 5.69 Å². The predicted molar refractivity (Wildman–Crippen MR) is 99.6 cm³/mol. The Kier molecular flexibility index (Phi) is 4.84. The topological polar surface area (TPSA) is 34.0 Å². The lowest BCUT2D eigenvalue weighted by atomic mass is 10.1. The number of aryl methyl sites for hydroxylation is 2. The minimum absolute atomic E-state index is 0.123. The van der Waals surface area contributed by atoms with Crippen LogP contribution in [0.3, 0.4) is 0 Å². The van der Waals surface area contributed by atoms with Crippen molar-refractivity contribution < 1.29 is 9.18 Å². The summed E-state index contributed by atoms with van der Waals surface area (Å²) >= 11 is 12.2. The lowest BCUT2D eigenvalue weighted by Gasteiger charge is -2.13. The molecule has 0 radical (unpaired) electrons. The molecule has 6 heteroatoms. The maximum Gasteiger partial charge on any atom is 0.257 e. The van der Waals surface area contributed by atoms with Crippen LogP contribution in [0.5, 0.6) is 0 Å². The molecule has 0 fully saturated rings. The van der Waals surface area contributed by atoms with E-state index in [1.54, 1.807) is 12.1 Å². The molecule has 0 aliphatic heterocycles. The van der Waals surface area contributed by atoms with E-state index < -0.39 is 11.7 Å². The average Bonchev–Trinajstić information content (AvgIpc) is 2.89. The van der Waals surface area contributed by atoms with Crippen molar-refractivity contribution in [3.05, 3.63) is 81.3 Å². The third kappa shape index (κ3) is 3.55. The lowest BCUT2D eigenvalue weighted by molar-refractivity contribution is 0.102. The summed E-state index contributed by atoms with van der Waals surface area (Å²) in [4.78, 5) is 12.6. The van der Waals surface area contributed by atoms with Gasteiger partial charge in [0.2, 0.25) is 0 Å². The molecule has 25 heavy (non-hydrogen) atoms. The maximum absolute atomic E-state index is 13.1. The van der Waals surface area contributed by atoms with Gasteiger partial charge in [-0.05, 0) is 62.4 Å². The van der Waals surface area contributed by atoms with Crippen LogP contribution >= 0.6 is 23.2 Å². The molecule has 0 spiro atoms. The summed E-state index contributed by atoms with van der Waals surface area (Å²) in [6.07, 6.45) is 0. The zero-order valence-corrected chi connectivity index (χ0v) is 15.1. The number of rotatable bonds is 3. The SMILES string of the molecule is Cc1ccc(C)n1-c1ccc(Cl)c(C(=O)Nc2ccc(F)cc2Cl)c1. The number of carbonyl (C=O) groups is 1. The molecular formula is C19H15Cl2FN2O. The van der Waals surface area contributed by atoms with E-state index in [4.69, 9.17) is 23.2 Å². The number of aromatic nitrogens is 1. The number of anilines is 1. The molecule has 0 aliphatic rings. The Balaban J connectivity index is 1.96. The van der Waals surface area contributed by atoms with Gasteiger partial charge in [0.25, 0.3) is 5.91 Å². The van der Waals surface area contributed by atoms with Gasteiger partial charge in [-0.1, -0.05) is 23.2 Å². The second-order valence-corrected chi connectivity index (χ2v) is 6.51. The van der Waals surface area contributed by atoms with Crippen LogP contribution < -0.4 is 5.32 Å². The molecule has 0 atom stereocenters. The highest BCUT2D eigenvalue weighted by Gasteiger charge is 2.15. The summed E-state index contributed by atoms with van der Waals surface area (Å²) in [5.41, 5.74) is 3.56. The van der Waals surface area contributed by atoms with E-state index in [-0.39, 0.29) is 5.02 Å². The second kappa shape index (κ2) is 6.90. The summed E-state index contributed by atoms with van der Waals surface area (Å²) in [6.45, 7) is 3.97. The molecule has 3 aromatic rings. The third-order valence-corrected chi connectivity index (χ3v) is 4.55. The first-order valence-electron chi connectivity index (χ1n) is 7.58. The van der Waals surface area contributed by atoms with Gasteiger partial charge in [-0.25, -0.2) is 4.39 Å². The fourth-order valence-corrected chi connectivity index (χ4v) is 3.10. The Morgan fingerprint density at radius 1 is 0.960 bits per heavy atom. The van der Waals surface area contributed by atoms with Crippen molar-refractivity contribution in [2.75, 3.05) is 5.32 Å². The fourth-order valence-electron chi connectivity index (χ4n) is 2.68. The van der Waals surface area contributed by atoms with Gasteiger partial charge in [0.1, 0.15) is 5.82 Å². The van der Waals surface area contributed by atoms with Gasteiger partial charge in [-0.15, -0.1) is 0 Å². The number of hydrogen-bond acceptors (Lipinski definition) is 1. The van der Waals surface area contributed by atoms with E-state index in [2.05, 4.69) is 5.32 Å². The molecule has 0 aliphatic carbocycles. The van der Waals surface area contributed by atoms with Crippen molar-refractivity contribution in [1.29, 1.82) is 0 Å². The van der Waals surface area contributed by atoms with Crippen molar-refractivity contribution in [2.45, 2.75) is 13.8 Å². The minimum atomic E-state index is -0.471. The number of nitrogens with one attached hydrogen (secondary N) is 1. The molecule has 0 saturated heterocycles. The number of carbonyl (C=O) groups excluding carboxylic acids is 1. The quantitative estimate of drug-likeness (QED) is 0.616. The van der Waals surface area contributed by atoms with E-state index in [0.29, 0.717) is 16.3 Å². The Morgan fingerprint density at radius 3 is 2.28 bits per heavy atom. The van der Waals surface area contributed by atoms with E-state index in [9.17, 15) is 9.18 Å². The summed E-state index contributed by atoms with van der Waals surface area (Å²) in [5, 5.41) is 3.11. The van der Waals surface area contributed by atoms with Crippen LogP contribution in [0.4, 0.5) is 10.1 Å². The maximum atomic E-state index is 13.1. The summed E-state index contributed by atoms with van der Waals surface area (Å²) in [6, 6.07) is 13.0. The molecule has 0 bridgehead atoms. The highest BCUT2D eigenvalue weighted by molar-refractivity contribution is 6.36. The molecular weight excluding hydrogens is 362 g/mol. The molecule has 1 aromatic heterocycles. The van der Waals surface area contributed by atoms with Gasteiger partial charge in [-0.2, -0.15) is 0 Å². The first kappa shape index (κ1) is 17.5. The normalized spacial score (nSPS) is 10.8. The van der Waals surface area contributed by atoms with Gasteiger partial charge in [0.15, 0.2) is 0 Å². The Bertz CT molecular complexity index is 947. The Hall–Kier alpha value is -2.30. The molecule has 2 aromatic carbocycles. The molecule has 0 saturated carbocycles. The van der Waals surface area contributed by atoms with Crippen molar-refractivity contribution in [3.8, 4) is 5.69 Å². The van der Waals surface area contributed by atoms with Gasteiger partial charge < -0.3 is 9.88 Å². The fraction of sp³-hybridized carbons (Fsp3) is 0.105. The largest absolute Gasteiger partial charge is 0.321 e. The summed E-state index contributed by atoms with van der Waals surface area (Å²) < 4.78 is 15.2. The first-order chi connectivity index (χ1) is 11.9. The van der Waals surface area contributed by atoms with Crippen LogP contribution in [-0.2, 0) is 0 Å². The van der Waals surface area contributed by atoms with Gasteiger partial charge in [-0.3, -0.25) is 4.79 Å². The van der Waals surface area contributed by atoms with E-state index in [1.807, 2.05) is 36.6 Å². The number of halogens is 3. The molecule has 0 unspecified atom stereocenters. The van der Waals surface area contributed by atoms with Crippen LogP contribution in [0.2, 0.25) is 10.0 Å².